The Kier molecular flexibility index (Phi) is 3.62. The zero-order chi connectivity index (χ0) is 8.43. The van der Waals surface area contributed by atoms with E-state index in [1.165, 1.54) is 12.8 Å². The molecule has 0 amide bonds. The van der Waals surface area contributed by atoms with E-state index in [4.69, 9.17) is 5.73 Å². The maximum Gasteiger partial charge on any atom is 0.0263 e. The van der Waals surface area contributed by atoms with Gasteiger partial charge in [0.25, 0.3) is 0 Å². The maximum atomic E-state index is 5.60. The molecule has 2 heteroatoms. The van der Waals surface area contributed by atoms with Gasteiger partial charge in [-0.05, 0) is 30.6 Å². The minimum atomic E-state index is 0.733. The summed E-state index contributed by atoms with van der Waals surface area (Å²) in [5, 5.41) is 0. The Bertz CT molecular complexity index is 125. The zero-order valence-electron chi connectivity index (χ0n) is 7.39. The smallest absolute Gasteiger partial charge is 0.0263 e. The lowest BCUT2D eigenvalue weighted by Crippen LogP contribution is -2.16. The molecule has 1 aliphatic rings. The number of rotatable bonds is 4. The second-order valence-corrected chi connectivity index (χ2v) is 5.64. The van der Waals surface area contributed by atoms with E-state index in [0.29, 0.717) is 0 Å². The van der Waals surface area contributed by atoms with Gasteiger partial charge in [-0.2, -0.15) is 0 Å². The minimum Gasteiger partial charge on any atom is -0.329 e. The van der Waals surface area contributed by atoms with Crippen molar-refractivity contribution in [1.82, 2.24) is 0 Å². The minimum absolute atomic E-state index is 0.733. The largest absolute Gasteiger partial charge is 0.329 e. The Labute approximate surface area is 83.3 Å². The normalized spacial score (nSPS) is 32.5. The van der Waals surface area contributed by atoms with Crippen molar-refractivity contribution in [1.29, 1.82) is 0 Å². The molecular formula is C9H18IN. The van der Waals surface area contributed by atoms with Crippen LogP contribution >= 0.6 is 22.6 Å². The summed E-state index contributed by atoms with van der Waals surface area (Å²) >= 11 is 2.49. The lowest BCUT2D eigenvalue weighted by atomic mass is 10.1. The van der Waals surface area contributed by atoms with Gasteiger partial charge in [-0.3, -0.25) is 0 Å². The molecule has 0 aromatic rings. The van der Waals surface area contributed by atoms with Gasteiger partial charge in [-0.25, -0.2) is 0 Å². The van der Waals surface area contributed by atoms with Gasteiger partial charge in [-0.15, -0.1) is 0 Å². The van der Waals surface area contributed by atoms with E-state index in [1.54, 1.807) is 0 Å². The Morgan fingerprint density at radius 1 is 1.55 bits per heavy atom. The average molecular weight is 267 g/mol. The van der Waals surface area contributed by atoms with E-state index >= 15 is 0 Å². The van der Waals surface area contributed by atoms with Crippen LogP contribution in [0.15, 0.2) is 0 Å². The number of alkyl halides is 1. The highest BCUT2D eigenvalue weighted by atomic mass is 127. The first-order chi connectivity index (χ1) is 5.15. The summed E-state index contributed by atoms with van der Waals surface area (Å²) in [5.74, 6) is 2.81. The van der Waals surface area contributed by atoms with E-state index < -0.39 is 0 Å². The lowest BCUT2D eigenvalue weighted by molar-refractivity contribution is 0.510. The molecule has 11 heavy (non-hydrogen) atoms. The zero-order valence-corrected chi connectivity index (χ0v) is 9.54. The van der Waals surface area contributed by atoms with Gasteiger partial charge in [0.05, 0.1) is 0 Å². The molecule has 1 aliphatic carbocycles. The SMILES string of the molecule is CC(C)CC1CC1C(I)CN. The first kappa shape index (κ1) is 9.78. The quantitative estimate of drug-likeness (QED) is 0.614. The molecule has 0 saturated heterocycles. The predicted molar refractivity (Wildman–Crippen MR) is 57.9 cm³/mol. The van der Waals surface area contributed by atoms with Crippen LogP contribution in [0.4, 0.5) is 0 Å². The molecule has 3 atom stereocenters. The van der Waals surface area contributed by atoms with Gasteiger partial charge >= 0.3 is 0 Å². The van der Waals surface area contributed by atoms with Crippen LogP contribution in [0.25, 0.3) is 0 Å². The van der Waals surface area contributed by atoms with Crippen LogP contribution in [0, 0.1) is 17.8 Å². The van der Waals surface area contributed by atoms with Crippen LogP contribution in [0.5, 0.6) is 0 Å². The monoisotopic (exact) mass is 267 g/mol. The molecule has 1 saturated carbocycles. The standard InChI is InChI=1S/C9H18IN/c1-6(2)3-7-4-8(7)9(10)5-11/h6-9H,3-5,11H2,1-2H3. The Hall–Kier alpha value is 0.690. The van der Waals surface area contributed by atoms with Crippen LogP contribution in [0.2, 0.25) is 0 Å². The summed E-state index contributed by atoms with van der Waals surface area (Å²) in [6, 6.07) is 0. The molecule has 0 aromatic heterocycles. The average Bonchev–Trinajstić information content (AvgIpc) is 2.65. The van der Waals surface area contributed by atoms with Crippen molar-refractivity contribution >= 4 is 22.6 Å². The Morgan fingerprint density at radius 2 is 2.18 bits per heavy atom. The van der Waals surface area contributed by atoms with Crippen molar-refractivity contribution in [2.24, 2.45) is 23.5 Å². The second-order valence-electron chi connectivity index (χ2n) is 4.04. The topological polar surface area (TPSA) is 26.0 Å². The molecule has 1 fully saturated rings. The fourth-order valence-corrected chi connectivity index (χ4v) is 2.65. The first-order valence-electron chi connectivity index (χ1n) is 4.49. The fourth-order valence-electron chi connectivity index (χ4n) is 1.77. The molecule has 66 valence electrons. The van der Waals surface area contributed by atoms with E-state index in [2.05, 4.69) is 36.4 Å². The highest BCUT2D eigenvalue weighted by Crippen LogP contribution is 2.47. The number of halogens is 1. The van der Waals surface area contributed by atoms with Crippen molar-refractivity contribution in [3.63, 3.8) is 0 Å². The van der Waals surface area contributed by atoms with Gasteiger partial charge in [0.15, 0.2) is 0 Å². The van der Waals surface area contributed by atoms with E-state index in [9.17, 15) is 0 Å². The van der Waals surface area contributed by atoms with Gasteiger partial charge in [0.1, 0.15) is 0 Å². The maximum absolute atomic E-state index is 5.60. The van der Waals surface area contributed by atoms with E-state index in [0.717, 1.165) is 28.2 Å². The number of nitrogens with two attached hydrogens (primary N) is 1. The van der Waals surface area contributed by atoms with Crippen molar-refractivity contribution < 1.29 is 0 Å². The Balaban J connectivity index is 2.15. The summed E-state index contributed by atoms with van der Waals surface area (Å²) in [5.41, 5.74) is 5.60. The molecule has 3 unspecified atom stereocenters. The van der Waals surface area contributed by atoms with Crippen LogP contribution < -0.4 is 5.73 Å². The first-order valence-corrected chi connectivity index (χ1v) is 5.73. The van der Waals surface area contributed by atoms with Crippen molar-refractivity contribution in [2.75, 3.05) is 6.54 Å². The molecule has 0 spiro atoms. The number of hydrogen-bond donors (Lipinski definition) is 1. The highest BCUT2D eigenvalue weighted by molar-refractivity contribution is 14.1. The second kappa shape index (κ2) is 4.08. The molecule has 1 rings (SSSR count). The van der Waals surface area contributed by atoms with Crippen molar-refractivity contribution in [3.05, 3.63) is 0 Å². The summed E-state index contributed by atoms with van der Waals surface area (Å²) in [7, 11) is 0. The molecule has 0 radical (unpaired) electrons. The third-order valence-electron chi connectivity index (χ3n) is 2.44. The van der Waals surface area contributed by atoms with Crippen LogP contribution in [0.3, 0.4) is 0 Å². The third-order valence-corrected chi connectivity index (χ3v) is 3.87. The van der Waals surface area contributed by atoms with Gasteiger partial charge in [-0.1, -0.05) is 36.4 Å². The van der Waals surface area contributed by atoms with E-state index in [1.807, 2.05) is 0 Å². The molecule has 2 N–H and O–H groups in total. The summed E-state index contributed by atoms with van der Waals surface area (Å²) in [4.78, 5) is 0. The predicted octanol–water partition coefficient (Wildman–Crippen LogP) is 2.43. The van der Waals surface area contributed by atoms with Crippen LogP contribution in [-0.2, 0) is 0 Å². The third kappa shape index (κ3) is 2.90. The van der Waals surface area contributed by atoms with E-state index in [-0.39, 0.29) is 0 Å². The lowest BCUT2D eigenvalue weighted by Gasteiger charge is -2.06. The number of hydrogen-bond acceptors (Lipinski definition) is 1. The molecule has 0 aromatic carbocycles. The summed E-state index contributed by atoms with van der Waals surface area (Å²) < 4.78 is 0.733. The summed E-state index contributed by atoms with van der Waals surface area (Å²) in [6.07, 6.45) is 2.84. The Morgan fingerprint density at radius 3 is 2.64 bits per heavy atom. The van der Waals surface area contributed by atoms with Crippen molar-refractivity contribution in [3.8, 4) is 0 Å². The van der Waals surface area contributed by atoms with Gasteiger partial charge in [0, 0.05) is 10.5 Å². The molecular weight excluding hydrogens is 249 g/mol. The molecule has 0 aliphatic heterocycles. The molecule has 0 heterocycles. The van der Waals surface area contributed by atoms with Crippen molar-refractivity contribution in [2.45, 2.75) is 30.6 Å². The van der Waals surface area contributed by atoms with Gasteiger partial charge < -0.3 is 5.73 Å². The van der Waals surface area contributed by atoms with Gasteiger partial charge in [0.2, 0.25) is 0 Å². The van der Waals surface area contributed by atoms with Crippen LogP contribution in [0.1, 0.15) is 26.7 Å². The van der Waals surface area contributed by atoms with Crippen LogP contribution in [-0.4, -0.2) is 10.5 Å². The fraction of sp³-hybridized carbons (Fsp3) is 1.00. The molecule has 1 nitrogen and oxygen atoms in total. The molecule has 0 bridgehead atoms. The summed E-state index contributed by atoms with van der Waals surface area (Å²) in [6.45, 7) is 5.47. The highest BCUT2D eigenvalue weighted by Gasteiger charge is 2.40.